The van der Waals surface area contributed by atoms with E-state index < -0.39 is 0 Å². The van der Waals surface area contributed by atoms with E-state index in [1.54, 1.807) is 12.1 Å². The first-order valence-corrected chi connectivity index (χ1v) is 5.28. The van der Waals surface area contributed by atoms with Gasteiger partial charge in [-0.1, -0.05) is 12.1 Å². The highest BCUT2D eigenvalue weighted by atomic mass is 19.1. The molecule has 0 amide bonds. The number of esters is 1. The number of benzene rings is 1. The Balaban J connectivity index is 1.98. The summed E-state index contributed by atoms with van der Waals surface area (Å²) >= 11 is 0. The molecule has 1 atom stereocenters. The van der Waals surface area contributed by atoms with Crippen LogP contribution >= 0.6 is 0 Å². The van der Waals surface area contributed by atoms with Gasteiger partial charge in [0.05, 0.1) is 6.61 Å². The van der Waals surface area contributed by atoms with Crippen LogP contribution in [0.4, 0.5) is 4.39 Å². The second-order valence-corrected chi connectivity index (χ2v) is 4.01. The number of likely N-dealkylation sites (N-methyl/N-ethyl adjacent to an activating group) is 1. The third-order valence-corrected chi connectivity index (χ3v) is 2.78. The number of cyclic esters (lactones) is 1. The fourth-order valence-electron chi connectivity index (χ4n) is 1.87. The highest BCUT2D eigenvalue weighted by Gasteiger charge is 2.29. The quantitative estimate of drug-likeness (QED) is 0.728. The third-order valence-electron chi connectivity index (χ3n) is 2.78. The molecule has 0 aliphatic carbocycles. The van der Waals surface area contributed by atoms with Crippen LogP contribution in [0.15, 0.2) is 24.3 Å². The molecule has 0 spiro atoms. The van der Waals surface area contributed by atoms with Crippen LogP contribution in [-0.2, 0) is 16.1 Å². The van der Waals surface area contributed by atoms with Gasteiger partial charge in [0.25, 0.3) is 0 Å². The van der Waals surface area contributed by atoms with Crippen molar-refractivity contribution >= 4 is 5.97 Å². The van der Waals surface area contributed by atoms with Gasteiger partial charge in [-0.25, -0.2) is 4.39 Å². The van der Waals surface area contributed by atoms with Gasteiger partial charge < -0.3 is 4.74 Å². The zero-order valence-electron chi connectivity index (χ0n) is 9.15. The van der Waals surface area contributed by atoms with Crippen LogP contribution < -0.4 is 0 Å². The molecule has 1 aliphatic rings. The van der Waals surface area contributed by atoms with Crippen molar-refractivity contribution in [2.24, 2.45) is 0 Å². The number of ether oxygens (including phenoxy) is 1. The first-order chi connectivity index (χ1) is 7.66. The standard InChI is InChI=1S/C12H14FNO2/c1-14(11-6-7-16-12(11)15)8-9-2-4-10(13)5-3-9/h2-5,11H,6-8H2,1H3/t11-/m0/s1. The predicted molar refractivity (Wildman–Crippen MR) is 57.2 cm³/mol. The lowest BCUT2D eigenvalue weighted by Gasteiger charge is -2.20. The van der Waals surface area contributed by atoms with E-state index >= 15 is 0 Å². The average molecular weight is 223 g/mol. The molecule has 0 bridgehead atoms. The minimum Gasteiger partial charge on any atom is -0.464 e. The summed E-state index contributed by atoms with van der Waals surface area (Å²) < 4.78 is 17.6. The molecular weight excluding hydrogens is 209 g/mol. The molecule has 16 heavy (non-hydrogen) atoms. The molecule has 1 aromatic rings. The number of halogens is 1. The van der Waals surface area contributed by atoms with Crippen molar-refractivity contribution in [2.75, 3.05) is 13.7 Å². The zero-order valence-corrected chi connectivity index (χ0v) is 9.15. The van der Waals surface area contributed by atoms with E-state index in [1.165, 1.54) is 12.1 Å². The highest BCUT2D eigenvalue weighted by Crippen LogP contribution is 2.15. The van der Waals surface area contributed by atoms with Gasteiger partial charge in [-0.3, -0.25) is 9.69 Å². The second-order valence-electron chi connectivity index (χ2n) is 4.01. The summed E-state index contributed by atoms with van der Waals surface area (Å²) in [7, 11) is 1.88. The Morgan fingerprint density at radius 1 is 1.44 bits per heavy atom. The summed E-state index contributed by atoms with van der Waals surface area (Å²) in [5.41, 5.74) is 0.989. The van der Waals surface area contributed by atoms with Crippen LogP contribution in [0.1, 0.15) is 12.0 Å². The lowest BCUT2D eigenvalue weighted by molar-refractivity contribution is -0.142. The zero-order chi connectivity index (χ0) is 11.5. The van der Waals surface area contributed by atoms with Gasteiger partial charge in [0.2, 0.25) is 0 Å². The summed E-state index contributed by atoms with van der Waals surface area (Å²) in [6.07, 6.45) is 0.733. The largest absolute Gasteiger partial charge is 0.464 e. The first-order valence-electron chi connectivity index (χ1n) is 5.28. The maximum atomic E-state index is 12.7. The van der Waals surface area contributed by atoms with Crippen molar-refractivity contribution in [3.05, 3.63) is 35.6 Å². The summed E-state index contributed by atoms with van der Waals surface area (Å²) in [6.45, 7) is 1.12. The van der Waals surface area contributed by atoms with E-state index in [2.05, 4.69) is 0 Å². The summed E-state index contributed by atoms with van der Waals surface area (Å²) in [5, 5.41) is 0. The number of hydrogen-bond donors (Lipinski definition) is 0. The second kappa shape index (κ2) is 4.61. The molecule has 0 radical (unpaired) electrons. The maximum absolute atomic E-state index is 12.7. The van der Waals surface area contributed by atoms with Gasteiger partial charge in [-0.15, -0.1) is 0 Å². The van der Waals surface area contributed by atoms with Crippen molar-refractivity contribution in [2.45, 2.75) is 19.0 Å². The van der Waals surface area contributed by atoms with E-state index in [9.17, 15) is 9.18 Å². The van der Waals surface area contributed by atoms with Gasteiger partial charge in [-0.2, -0.15) is 0 Å². The monoisotopic (exact) mass is 223 g/mol. The Kier molecular flexibility index (Phi) is 3.19. The molecule has 1 heterocycles. The molecule has 4 heteroatoms. The molecule has 0 unspecified atom stereocenters. The molecule has 1 aromatic carbocycles. The Labute approximate surface area is 93.8 Å². The first kappa shape index (κ1) is 11.1. The minimum absolute atomic E-state index is 0.162. The van der Waals surface area contributed by atoms with Crippen molar-refractivity contribution in [3.63, 3.8) is 0 Å². The lowest BCUT2D eigenvalue weighted by Crippen LogP contribution is -2.34. The lowest BCUT2D eigenvalue weighted by atomic mass is 10.1. The van der Waals surface area contributed by atoms with Gasteiger partial charge in [-0.05, 0) is 24.7 Å². The van der Waals surface area contributed by atoms with Crippen LogP contribution in [0.3, 0.4) is 0 Å². The molecule has 0 saturated carbocycles. The molecule has 1 fully saturated rings. The molecule has 86 valence electrons. The predicted octanol–water partition coefficient (Wildman–Crippen LogP) is 1.57. The topological polar surface area (TPSA) is 29.5 Å². The fraction of sp³-hybridized carbons (Fsp3) is 0.417. The number of rotatable bonds is 3. The Bertz CT molecular complexity index is 377. The van der Waals surface area contributed by atoms with E-state index in [-0.39, 0.29) is 17.8 Å². The number of hydrogen-bond acceptors (Lipinski definition) is 3. The van der Waals surface area contributed by atoms with Crippen LogP contribution in [-0.4, -0.2) is 30.6 Å². The van der Waals surface area contributed by atoms with Crippen LogP contribution in [0.5, 0.6) is 0 Å². The van der Waals surface area contributed by atoms with Crippen LogP contribution in [0.2, 0.25) is 0 Å². The number of nitrogens with zero attached hydrogens (tertiary/aromatic N) is 1. The average Bonchev–Trinajstić information content (AvgIpc) is 2.68. The summed E-state index contributed by atoms with van der Waals surface area (Å²) in [6, 6.07) is 6.15. The highest BCUT2D eigenvalue weighted by molar-refractivity contribution is 5.77. The van der Waals surface area contributed by atoms with E-state index in [4.69, 9.17) is 4.74 Å². The van der Waals surface area contributed by atoms with Gasteiger partial charge in [0, 0.05) is 13.0 Å². The Morgan fingerprint density at radius 2 is 2.12 bits per heavy atom. The smallest absolute Gasteiger partial charge is 0.323 e. The van der Waals surface area contributed by atoms with E-state index in [1.807, 2.05) is 11.9 Å². The van der Waals surface area contributed by atoms with Crippen molar-refractivity contribution < 1.29 is 13.9 Å². The normalized spacial score (nSPS) is 20.2. The Morgan fingerprint density at radius 3 is 2.69 bits per heavy atom. The molecule has 1 saturated heterocycles. The van der Waals surface area contributed by atoms with Gasteiger partial charge >= 0.3 is 5.97 Å². The van der Waals surface area contributed by atoms with Crippen molar-refractivity contribution in [3.8, 4) is 0 Å². The molecular formula is C12H14FNO2. The summed E-state index contributed by atoms with van der Waals surface area (Å²) in [5.74, 6) is -0.406. The fourth-order valence-corrected chi connectivity index (χ4v) is 1.87. The molecule has 3 nitrogen and oxygen atoms in total. The Hall–Kier alpha value is -1.42. The summed E-state index contributed by atoms with van der Waals surface area (Å²) in [4.78, 5) is 13.3. The number of carbonyl (C=O) groups excluding carboxylic acids is 1. The maximum Gasteiger partial charge on any atom is 0.323 e. The third kappa shape index (κ3) is 2.39. The minimum atomic E-state index is -0.244. The van der Waals surface area contributed by atoms with Crippen molar-refractivity contribution in [1.29, 1.82) is 0 Å². The molecule has 0 N–H and O–H groups in total. The van der Waals surface area contributed by atoms with Gasteiger partial charge in [0.1, 0.15) is 11.9 Å². The van der Waals surface area contributed by atoms with Crippen LogP contribution in [0, 0.1) is 5.82 Å². The van der Waals surface area contributed by atoms with Gasteiger partial charge in [0.15, 0.2) is 0 Å². The number of carbonyl (C=O) groups is 1. The molecule has 0 aromatic heterocycles. The van der Waals surface area contributed by atoms with Crippen LogP contribution in [0.25, 0.3) is 0 Å². The SMILES string of the molecule is CN(Cc1ccc(F)cc1)[C@H]1CCOC1=O. The van der Waals surface area contributed by atoms with E-state index in [0.717, 1.165) is 12.0 Å². The molecule has 2 rings (SSSR count). The molecule has 1 aliphatic heterocycles. The van der Waals surface area contributed by atoms with E-state index in [0.29, 0.717) is 13.2 Å². The van der Waals surface area contributed by atoms with Crippen molar-refractivity contribution in [1.82, 2.24) is 4.90 Å².